The SMILES string of the molecule is O=C(Nc1cnccn1)c1c(O)c2ccccc2[nH]c1=O. The van der Waals surface area contributed by atoms with Crippen molar-refractivity contribution >= 4 is 22.6 Å². The van der Waals surface area contributed by atoms with Crippen LogP contribution in [0.1, 0.15) is 10.4 Å². The maximum Gasteiger partial charge on any atom is 0.266 e. The molecule has 21 heavy (non-hydrogen) atoms. The molecule has 3 aromatic rings. The Kier molecular flexibility index (Phi) is 3.07. The fourth-order valence-electron chi connectivity index (χ4n) is 1.98. The second-order valence-electron chi connectivity index (χ2n) is 4.27. The zero-order valence-corrected chi connectivity index (χ0v) is 10.7. The number of amides is 1. The van der Waals surface area contributed by atoms with Gasteiger partial charge >= 0.3 is 0 Å². The summed E-state index contributed by atoms with van der Waals surface area (Å²) in [5.41, 5.74) is -0.581. The molecule has 0 saturated carbocycles. The van der Waals surface area contributed by atoms with Crippen LogP contribution in [0.3, 0.4) is 0 Å². The van der Waals surface area contributed by atoms with Gasteiger partial charge in [0.2, 0.25) is 0 Å². The number of rotatable bonds is 2. The van der Waals surface area contributed by atoms with Gasteiger partial charge in [-0.3, -0.25) is 14.6 Å². The van der Waals surface area contributed by atoms with Crippen LogP contribution < -0.4 is 10.9 Å². The van der Waals surface area contributed by atoms with E-state index >= 15 is 0 Å². The minimum Gasteiger partial charge on any atom is -0.506 e. The van der Waals surface area contributed by atoms with E-state index < -0.39 is 11.5 Å². The lowest BCUT2D eigenvalue weighted by Crippen LogP contribution is -2.23. The van der Waals surface area contributed by atoms with Crippen LogP contribution >= 0.6 is 0 Å². The zero-order chi connectivity index (χ0) is 14.8. The van der Waals surface area contributed by atoms with Crippen molar-refractivity contribution in [2.45, 2.75) is 0 Å². The summed E-state index contributed by atoms with van der Waals surface area (Å²) in [6.45, 7) is 0. The molecular formula is C14H10N4O3. The van der Waals surface area contributed by atoms with E-state index in [2.05, 4.69) is 20.3 Å². The topological polar surface area (TPSA) is 108 Å². The molecule has 0 unspecified atom stereocenters. The number of aromatic nitrogens is 3. The number of aromatic hydroxyl groups is 1. The van der Waals surface area contributed by atoms with Gasteiger partial charge in [-0.15, -0.1) is 0 Å². The highest BCUT2D eigenvalue weighted by atomic mass is 16.3. The van der Waals surface area contributed by atoms with Crippen molar-refractivity contribution in [2.75, 3.05) is 5.32 Å². The predicted molar refractivity (Wildman–Crippen MR) is 76.2 cm³/mol. The van der Waals surface area contributed by atoms with Gasteiger partial charge in [0, 0.05) is 17.8 Å². The average molecular weight is 282 g/mol. The maximum absolute atomic E-state index is 12.1. The van der Waals surface area contributed by atoms with Crippen LogP contribution in [0.2, 0.25) is 0 Å². The first-order chi connectivity index (χ1) is 10.2. The Hall–Kier alpha value is -3.22. The Morgan fingerprint density at radius 3 is 2.81 bits per heavy atom. The number of hydrogen-bond acceptors (Lipinski definition) is 5. The van der Waals surface area contributed by atoms with Crippen molar-refractivity contribution in [1.29, 1.82) is 0 Å². The summed E-state index contributed by atoms with van der Waals surface area (Å²) < 4.78 is 0. The molecule has 0 aliphatic heterocycles. The summed E-state index contributed by atoms with van der Waals surface area (Å²) in [5.74, 6) is -0.926. The number of H-pyrrole nitrogens is 1. The number of benzene rings is 1. The molecule has 0 aliphatic carbocycles. The normalized spacial score (nSPS) is 10.5. The second kappa shape index (κ2) is 5.04. The van der Waals surface area contributed by atoms with Crippen molar-refractivity contribution in [3.05, 3.63) is 58.8 Å². The Labute approximate surface area is 118 Å². The van der Waals surface area contributed by atoms with Gasteiger partial charge < -0.3 is 15.4 Å². The molecule has 3 N–H and O–H groups in total. The second-order valence-corrected chi connectivity index (χ2v) is 4.27. The van der Waals surface area contributed by atoms with Gasteiger partial charge in [0.05, 0.1) is 11.7 Å². The third-order valence-corrected chi connectivity index (χ3v) is 2.93. The van der Waals surface area contributed by atoms with Gasteiger partial charge in [0.1, 0.15) is 11.3 Å². The van der Waals surface area contributed by atoms with E-state index in [1.54, 1.807) is 24.3 Å². The molecule has 0 spiro atoms. The van der Waals surface area contributed by atoms with Crippen molar-refractivity contribution in [3.63, 3.8) is 0 Å². The molecule has 7 nitrogen and oxygen atoms in total. The number of carbonyl (C=O) groups is 1. The largest absolute Gasteiger partial charge is 0.506 e. The van der Waals surface area contributed by atoms with E-state index in [4.69, 9.17) is 0 Å². The molecular weight excluding hydrogens is 272 g/mol. The molecule has 0 fully saturated rings. The highest BCUT2D eigenvalue weighted by molar-refractivity contribution is 6.08. The molecule has 1 aromatic carbocycles. The summed E-state index contributed by atoms with van der Waals surface area (Å²) in [7, 11) is 0. The molecule has 2 heterocycles. The van der Waals surface area contributed by atoms with E-state index in [-0.39, 0.29) is 17.1 Å². The molecule has 3 rings (SSSR count). The number of anilines is 1. The quantitative estimate of drug-likeness (QED) is 0.656. The minimum absolute atomic E-state index is 0.189. The van der Waals surface area contributed by atoms with Gasteiger partial charge in [0.15, 0.2) is 5.82 Å². The molecule has 104 valence electrons. The smallest absolute Gasteiger partial charge is 0.266 e. The van der Waals surface area contributed by atoms with Crippen molar-refractivity contribution in [3.8, 4) is 5.75 Å². The van der Waals surface area contributed by atoms with Crippen LogP contribution in [-0.4, -0.2) is 26.0 Å². The first kappa shape index (κ1) is 12.8. The van der Waals surface area contributed by atoms with Crippen LogP contribution in [0.4, 0.5) is 5.82 Å². The van der Waals surface area contributed by atoms with E-state index in [0.29, 0.717) is 10.9 Å². The van der Waals surface area contributed by atoms with Crippen molar-refractivity contribution in [1.82, 2.24) is 15.0 Å². The molecule has 0 bridgehead atoms. The summed E-state index contributed by atoms with van der Waals surface area (Å²) in [6, 6.07) is 6.67. The molecule has 0 saturated heterocycles. The van der Waals surface area contributed by atoms with Gasteiger partial charge in [0.25, 0.3) is 11.5 Å². The summed E-state index contributed by atoms with van der Waals surface area (Å²) >= 11 is 0. The molecule has 0 radical (unpaired) electrons. The number of hydrogen-bond donors (Lipinski definition) is 3. The highest BCUT2D eigenvalue weighted by Crippen LogP contribution is 2.24. The number of fused-ring (bicyclic) bond motifs is 1. The average Bonchev–Trinajstić information content (AvgIpc) is 2.48. The van der Waals surface area contributed by atoms with Crippen LogP contribution in [-0.2, 0) is 0 Å². The van der Waals surface area contributed by atoms with E-state index in [1.165, 1.54) is 18.6 Å². The minimum atomic E-state index is -0.750. The van der Waals surface area contributed by atoms with Gasteiger partial charge in [-0.05, 0) is 12.1 Å². The van der Waals surface area contributed by atoms with E-state index in [0.717, 1.165) is 0 Å². The van der Waals surface area contributed by atoms with Crippen LogP contribution in [0.5, 0.6) is 5.75 Å². The lowest BCUT2D eigenvalue weighted by molar-refractivity contribution is 0.102. The predicted octanol–water partition coefficient (Wildman–Crippen LogP) is 1.28. The third-order valence-electron chi connectivity index (χ3n) is 2.93. The molecule has 1 amide bonds. The Morgan fingerprint density at radius 2 is 2.05 bits per heavy atom. The molecule has 0 aliphatic rings. The Morgan fingerprint density at radius 1 is 1.24 bits per heavy atom. The number of pyridine rings is 1. The summed E-state index contributed by atoms with van der Waals surface area (Å²) in [4.78, 5) is 34.3. The fraction of sp³-hybridized carbons (Fsp3) is 0. The lowest BCUT2D eigenvalue weighted by atomic mass is 10.1. The summed E-state index contributed by atoms with van der Waals surface area (Å²) in [6.07, 6.45) is 4.19. The maximum atomic E-state index is 12.1. The first-order valence-electron chi connectivity index (χ1n) is 6.08. The lowest BCUT2D eigenvalue weighted by Gasteiger charge is -2.07. The molecule has 0 atom stereocenters. The number of nitrogens with one attached hydrogen (secondary N) is 2. The Balaban J connectivity index is 2.08. The van der Waals surface area contributed by atoms with Crippen LogP contribution in [0, 0.1) is 0 Å². The number of carbonyl (C=O) groups excluding carboxylic acids is 1. The number of nitrogens with zero attached hydrogens (tertiary/aromatic N) is 2. The van der Waals surface area contributed by atoms with E-state index in [1.807, 2.05) is 0 Å². The Bertz CT molecular complexity index is 874. The van der Waals surface area contributed by atoms with E-state index in [9.17, 15) is 14.7 Å². The zero-order valence-electron chi connectivity index (χ0n) is 10.7. The van der Waals surface area contributed by atoms with Gasteiger partial charge in [-0.2, -0.15) is 0 Å². The standard InChI is InChI=1S/C14H10N4O3/c19-12-8-3-1-2-4-9(8)17-13(20)11(12)14(21)18-10-7-15-5-6-16-10/h1-7H,(H,16,18,21)(H2,17,19,20). The highest BCUT2D eigenvalue weighted by Gasteiger charge is 2.19. The van der Waals surface area contributed by atoms with Gasteiger partial charge in [-0.25, -0.2) is 4.98 Å². The van der Waals surface area contributed by atoms with Crippen molar-refractivity contribution in [2.24, 2.45) is 0 Å². The van der Waals surface area contributed by atoms with Crippen molar-refractivity contribution < 1.29 is 9.90 Å². The first-order valence-corrected chi connectivity index (χ1v) is 6.08. The third kappa shape index (κ3) is 2.32. The monoisotopic (exact) mass is 282 g/mol. The summed E-state index contributed by atoms with van der Waals surface area (Å²) in [5, 5.41) is 13.0. The molecule has 7 heteroatoms. The number of para-hydroxylation sites is 1. The fourth-order valence-corrected chi connectivity index (χ4v) is 1.98. The molecule has 2 aromatic heterocycles. The van der Waals surface area contributed by atoms with Crippen LogP contribution in [0.15, 0.2) is 47.7 Å². The van der Waals surface area contributed by atoms with Crippen LogP contribution in [0.25, 0.3) is 10.9 Å². The number of aromatic amines is 1. The van der Waals surface area contributed by atoms with Gasteiger partial charge in [-0.1, -0.05) is 12.1 Å².